The molecule has 0 aromatic heterocycles. The van der Waals surface area contributed by atoms with Gasteiger partial charge in [-0.2, -0.15) is 4.31 Å². The minimum atomic E-state index is -3.47. The van der Waals surface area contributed by atoms with Crippen molar-refractivity contribution >= 4 is 31.5 Å². The van der Waals surface area contributed by atoms with Gasteiger partial charge >= 0.3 is 0 Å². The third kappa shape index (κ3) is 3.87. The van der Waals surface area contributed by atoms with Crippen molar-refractivity contribution in [3.8, 4) is 0 Å². The lowest BCUT2D eigenvalue weighted by Crippen LogP contribution is -2.49. The van der Waals surface area contributed by atoms with E-state index in [0.717, 1.165) is 32.1 Å². The van der Waals surface area contributed by atoms with Gasteiger partial charge < -0.3 is 0 Å². The van der Waals surface area contributed by atoms with Gasteiger partial charge in [0.15, 0.2) is 9.84 Å². The maximum Gasteiger partial charge on any atom is 0.215 e. The number of halogens is 1. The highest BCUT2D eigenvalue weighted by molar-refractivity contribution is 7.92. The van der Waals surface area contributed by atoms with Crippen LogP contribution in [0.15, 0.2) is 0 Å². The summed E-state index contributed by atoms with van der Waals surface area (Å²) in [4.78, 5) is 0. The van der Waals surface area contributed by atoms with Gasteiger partial charge in [0.1, 0.15) is 0 Å². The van der Waals surface area contributed by atoms with Gasteiger partial charge in [0, 0.05) is 18.0 Å². The first-order valence-corrected chi connectivity index (χ1v) is 11.1. The van der Waals surface area contributed by atoms with E-state index in [9.17, 15) is 16.8 Å². The third-order valence-corrected chi connectivity index (χ3v) is 8.28. The van der Waals surface area contributed by atoms with Crippen LogP contribution in [0.3, 0.4) is 0 Å². The van der Waals surface area contributed by atoms with Crippen molar-refractivity contribution in [3.05, 3.63) is 0 Å². The van der Waals surface area contributed by atoms with Gasteiger partial charge in [-0.3, -0.25) is 0 Å². The zero-order valence-corrected chi connectivity index (χ0v) is 13.9. The first kappa shape index (κ1) is 16.5. The van der Waals surface area contributed by atoms with Crippen molar-refractivity contribution in [2.45, 2.75) is 50.6 Å². The molecule has 2 fully saturated rings. The van der Waals surface area contributed by atoms with E-state index in [1.807, 2.05) is 0 Å². The Kier molecular flexibility index (Phi) is 5.37. The Morgan fingerprint density at radius 3 is 2.20 bits per heavy atom. The second-order valence-corrected chi connectivity index (χ2v) is 10.3. The van der Waals surface area contributed by atoms with Crippen molar-refractivity contribution in [1.82, 2.24) is 4.31 Å². The fraction of sp³-hybridized carbons (Fsp3) is 1.00. The van der Waals surface area contributed by atoms with Crippen molar-refractivity contribution in [3.63, 3.8) is 0 Å². The molecule has 20 heavy (non-hydrogen) atoms. The maximum atomic E-state index is 12.5. The van der Waals surface area contributed by atoms with Crippen LogP contribution in [-0.2, 0) is 19.9 Å². The molecule has 1 aliphatic carbocycles. The number of hydrogen-bond donors (Lipinski definition) is 0. The molecular weight excluding hydrogens is 322 g/mol. The van der Waals surface area contributed by atoms with E-state index >= 15 is 0 Å². The van der Waals surface area contributed by atoms with Crippen LogP contribution in [0.2, 0.25) is 0 Å². The van der Waals surface area contributed by atoms with Crippen LogP contribution >= 0.6 is 11.6 Å². The van der Waals surface area contributed by atoms with E-state index < -0.39 is 25.9 Å². The van der Waals surface area contributed by atoms with Crippen LogP contribution in [0.4, 0.5) is 0 Å². The Morgan fingerprint density at radius 2 is 1.70 bits per heavy atom. The summed E-state index contributed by atoms with van der Waals surface area (Å²) >= 11 is 5.61. The number of nitrogens with zero attached hydrogens (tertiary/aromatic N) is 1. The van der Waals surface area contributed by atoms with Crippen LogP contribution < -0.4 is 0 Å². The zero-order chi connectivity index (χ0) is 14.8. The molecule has 0 bridgehead atoms. The van der Waals surface area contributed by atoms with Gasteiger partial charge in [0.25, 0.3) is 0 Å². The molecule has 0 aromatic rings. The quantitative estimate of drug-likeness (QED) is 0.707. The normalized spacial score (nSPS) is 28.0. The molecular formula is C12H22ClNO4S2. The minimum Gasteiger partial charge on any atom is -0.229 e. The van der Waals surface area contributed by atoms with Crippen molar-refractivity contribution in [1.29, 1.82) is 0 Å². The number of alkyl halides is 1. The van der Waals surface area contributed by atoms with Crippen molar-refractivity contribution in [2.75, 3.05) is 23.1 Å². The number of rotatable bonds is 5. The minimum absolute atomic E-state index is 0.0367. The topological polar surface area (TPSA) is 71.5 Å². The molecule has 2 rings (SSSR count). The zero-order valence-electron chi connectivity index (χ0n) is 11.5. The van der Waals surface area contributed by atoms with Crippen LogP contribution in [0.25, 0.3) is 0 Å². The average Bonchev–Trinajstić information content (AvgIpc) is 2.70. The van der Waals surface area contributed by atoms with Crippen LogP contribution in [0.5, 0.6) is 0 Å². The van der Waals surface area contributed by atoms with Gasteiger partial charge in [-0.1, -0.05) is 19.3 Å². The third-order valence-electron chi connectivity index (χ3n) is 4.16. The van der Waals surface area contributed by atoms with E-state index in [2.05, 4.69) is 0 Å². The second kappa shape index (κ2) is 6.50. The number of sulfonamides is 1. The summed E-state index contributed by atoms with van der Waals surface area (Å²) in [6.45, 7) is 0. The molecule has 1 unspecified atom stereocenters. The van der Waals surface area contributed by atoms with E-state index in [0.29, 0.717) is 6.42 Å². The summed E-state index contributed by atoms with van der Waals surface area (Å²) in [5.41, 5.74) is 0. The molecule has 1 saturated carbocycles. The molecule has 1 heterocycles. The molecule has 1 atom stereocenters. The Hall–Kier alpha value is 0.150. The molecule has 5 nitrogen and oxygen atoms in total. The lowest BCUT2D eigenvalue weighted by atomic mass is 9.95. The molecule has 0 N–H and O–H groups in total. The summed E-state index contributed by atoms with van der Waals surface area (Å²) in [5.74, 6) is -0.00504. The highest BCUT2D eigenvalue weighted by Gasteiger charge is 2.41. The van der Waals surface area contributed by atoms with Crippen LogP contribution in [-0.4, -0.2) is 56.4 Å². The Balaban J connectivity index is 2.24. The fourth-order valence-electron chi connectivity index (χ4n) is 3.27. The lowest BCUT2D eigenvalue weighted by molar-refractivity contribution is 0.213. The van der Waals surface area contributed by atoms with Crippen molar-refractivity contribution < 1.29 is 16.8 Å². The van der Waals surface area contributed by atoms with Crippen LogP contribution in [0.1, 0.15) is 38.5 Å². The second-order valence-electron chi connectivity index (χ2n) is 5.68. The highest BCUT2D eigenvalue weighted by Crippen LogP contribution is 2.30. The van der Waals surface area contributed by atoms with E-state index in [-0.39, 0.29) is 29.2 Å². The van der Waals surface area contributed by atoms with Crippen LogP contribution in [0, 0.1) is 0 Å². The first-order valence-electron chi connectivity index (χ1n) is 7.13. The summed E-state index contributed by atoms with van der Waals surface area (Å²) in [7, 11) is -6.56. The summed E-state index contributed by atoms with van der Waals surface area (Å²) < 4.78 is 49.8. The molecule has 0 amide bonds. The largest absolute Gasteiger partial charge is 0.229 e. The van der Waals surface area contributed by atoms with Gasteiger partial charge in [-0.25, -0.2) is 16.8 Å². The van der Waals surface area contributed by atoms with Gasteiger partial charge in [-0.05, 0) is 19.3 Å². The molecule has 8 heteroatoms. The van der Waals surface area contributed by atoms with Crippen molar-refractivity contribution in [2.24, 2.45) is 0 Å². The molecule has 0 aromatic carbocycles. The summed E-state index contributed by atoms with van der Waals surface area (Å²) in [6.07, 6.45) is 5.23. The Labute approximate surface area is 126 Å². The molecule has 2 aliphatic rings. The standard InChI is InChI=1S/C12H22ClNO4S2/c13-7-9-20(17,18)14(11-4-2-1-3-5-11)12-6-8-19(15,16)10-12/h11-12H,1-10H2. The predicted octanol–water partition coefficient (Wildman–Crippen LogP) is 1.38. The van der Waals surface area contributed by atoms with E-state index in [4.69, 9.17) is 11.6 Å². The summed E-state index contributed by atoms with van der Waals surface area (Å²) in [5, 5.41) is 0. The number of hydrogen-bond acceptors (Lipinski definition) is 4. The van der Waals surface area contributed by atoms with E-state index in [1.165, 1.54) is 4.31 Å². The molecule has 1 aliphatic heterocycles. The average molecular weight is 344 g/mol. The predicted molar refractivity (Wildman–Crippen MR) is 80.3 cm³/mol. The van der Waals surface area contributed by atoms with Gasteiger partial charge in [0.2, 0.25) is 10.0 Å². The molecule has 1 saturated heterocycles. The Bertz CT molecular complexity index is 526. The molecule has 0 radical (unpaired) electrons. The fourth-order valence-corrected chi connectivity index (χ4v) is 7.36. The first-order chi connectivity index (χ1) is 9.36. The van der Waals surface area contributed by atoms with Gasteiger partial charge in [-0.15, -0.1) is 11.6 Å². The highest BCUT2D eigenvalue weighted by atomic mass is 35.5. The maximum absolute atomic E-state index is 12.5. The van der Waals surface area contributed by atoms with E-state index in [1.54, 1.807) is 0 Å². The molecule has 0 spiro atoms. The Morgan fingerprint density at radius 1 is 1.05 bits per heavy atom. The van der Waals surface area contributed by atoms with Gasteiger partial charge in [0.05, 0.1) is 17.3 Å². The smallest absolute Gasteiger partial charge is 0.215 e. The molecule has 118 valence electrons. The monoisotopic (exact) mass is 343 g/mol. The lowest BCUT2D eigenvalue weighted by Gasteiger charge is -2.36. The summed E-state index contributed by atoms with van der Waals surface area (Å²) in [6, 6.07) is -0.438. The SMILES string of the molecule is O=S1(=O)CCC(N(C2CCCCC2)S(=O)(=O)CCCl)C1. The number of sulfone groups is 1.